The van der Waals surface area contributed by atoms with Gasteiger partial charge in [0.2, 0.25) is 0 Å². The summed E-state index contributed by atoms with van der Waals surface area (Å²) in [6.07, 6.45) is 3.40. The topological polar surface area (TPSA) is 54.7 Å². The molecule has 3 aromatic rings. The summed E-state index contributed by atoms with van der Waals surface area (Å²) in [7, 11) is 0. The molecule has 0 saturated heterocycles. The van der Waals surface area contributed by atoms with Crippen LogP contribution in [0, 0.1) is 0 Å². The number of benzene rings is 1. The van der Waals surface area contributed by atoms with Gasteiger partial charge < -0.3 is 4.52 Å². The Morgan fingerprint density at radius 3 is 3.25 bits per heavy atom. The van der Waals surface area contributed by atoms with Gasteiger partial charge in [-0.25, -0.2) is 0 Å². The molecule has 0 unspecified atom stereocenters. The quantitative estimate of drug-likeness (QED) is 0.543. The molecule has 0 aliphatic carbocycles. The lowest BCUT2D eigenvalue weighted by Gasteiger charge is -1.86. The normalized spacial score (nSPS) is 11.3. The molecule has 12 heavy (non-hydrogen) atoms. The fourth-order valence-corrected chi connectivity index (χ4v) is 1.37. The Morgan fingerprint density at radius 2 is 2.25 bits per heavy atom. The van der Waals surface area contributed by atoms with Crippen molar-refractivity contribution in [2.75, 3.05) is 0 Å². The summed E-state index contributed by atoms with van der Waals surface area (Å²) in [5, 5.41) is 12.7. The smallest absolute Gasteiger partial charge is 0.132 e. The van der Waals surface area contributed by atoms with E-state index in [4.69, 9.17) is 4.52 Å². The molecule has 4 heteroatoms. The molecule has 1 N–H and O–H groups in total. The van der Waals surface area contributed by atoms with E-state index in [-0.39, 0.29) is 0 Å². The summed E-state index contributed by atoms with van der Waals surface area (Å²) < 4.78 is 4.85. The van der Waals surface area contributed by atoms with E-state index in [1.807, 2.05) is 12.1 Å². The van der Waals surface area contributed by atoms with E-state index < -0.39 is 0 Å². The molecule has 2 heterocycles. The molecule has 0 radical (unpaired) electrons. The molecule has 1 aromatic carbocycles. The van der Waals surface area contributed by atoms with Crippen LogP contribution >= 0.6 is 0 Å². The largest absolute Gasteiger partial charge is 0.363 e. The van der Waals surface area contributed by atoms with Crippen LogP contribution < -0.4 is 0 Å². The van der Waals surface area contributed by atoms with Gasteiger partial charge in [-0.3, -0.25) is 5.10 Å². The van der Waals surface area contributed by atoms with Crippen LogP contribution in [0.3, 0.4) is 0 Å². The monoisotopic (exact) mass is 159 g/mol. The van der Waals surface area contributed by atoms with E-state index in [2.05, 4.69) is 15.4 Å². The maximum absolute atomic E-state index is 4.85. The van der Waals surface area contributed by atoms with Crippen LogP contribution in [-0.4, -0.2) is 15.4 Å². The minimum absolute atomic E-state index is 0.865. The Morgan fingerprint density at radius 1 is 1.25 bits per heavy atom. The average molecular weight is 159 g/mol. The summed E-state index contributed by atoms with van der Waals surface area (Å²) in [6, 6.07) is 3.84. The number of hydrogen-bond donors (Lipinski definition) is 1. The van der Waals surface area contributed by atoms with Crippen molar-refractivity contribution < 1.29 is 4.52 Å². The zero-order valence-electron chi connectivity index (χ0n) is 6.11. The van der Waals surface area contributed by atoms with Crippen LogP contribution in [-0.2, 0) is 0 Å². The summed E-state index contributed by atoms with van der Waals surface area (Å²) in [4.78, 5) is 0. The number of nitrogens with zero attached hydrogens (tertiary/aromatic N) is 2. The van der Waals surface area contributed by atoms with Crippen molar-refractivity contribution in [3.63, 3.8) is 0 Å². The van der Waals surface area contributed by atoms with E-state index >= 15 is 0 Å². The van der Waals surface area contributed by atoms with E-state index in [0.29, 0.717) is 0 Å². The molecule has 0 spiro atoms. The first kappa shape index (κ1) is 5.77. The van der Waals surface area contributed by atoms with Crippen molar-refractivity contribution in [3.05, 3.63) is 24.6 Å². The second-order valence-electron chi connectivity index (χ2n) is 2.64. The van der Waals surface area contributed by atoms with Crippen molar-refractivity contribution in [2.24, 2.45) is 0 Å². The standard InChI is InChI=1S/C8H5N3O/c1-2-8-6(4-12-11-8)5-3-9-10-7(1)5/h1-4H,(H,9,10). The third-order valence-corrected chi connectivity index (χ3v) is 1.96. The van der Waals surface area contributed by atoms with E-state index in [1.165, 1.54) is 0 Å². The van der Waals surface area contributed by atoms with Gasteiger partial charge in [0.1, 0.15) is 11.8 Å². The van der Waals surface area contributed by atoms with Gasteiger partial charge in [0.15, 0.2) is 0 Å². The number of rotatable bonds is 0. The molecule has 0 atom stereocenters. The van der Waals surface area contributed by atoms with Crippen molar-refractivity contribution >= 4 is 21.8 Å². The maximum Gasteiger partial charge on any atom is 0.132 e. The summed E-state index contributed by atoms with van der Waals surface area (Å²) in [5.74, 6) is 0. The van der Waals surface area contributed by atoms with Crippen LogP contribution in [0.1, 0.15) is 0 Å². The van der Waals surface area contributed by atoms with Gasteiger partial charge in [-0.15, -0.1) is 0 Å². The average Bonchev–Trinajstić information content (AvgIpc) is 2.71. The molecule has 0 fully saturated rings. The number of aromatic amines is 1. The van der Waals surface area contributed by atoms with Crippen LogP contribution in [0.15, 0.2) is 29.1 Å². The Bertz CT molecular complexity index is 487. The van der Waals surface area contributed by atoms with Gasteiger partial charge in [-0.05, 0) is 12.1 Å². The second kappa shape index (κ2) is 1.85. The molecule has 0 amide bonds. The summed E-state index contributed by atoms with van der Waals surface area (Å²) >= 11 is 0. The molecule has 4 nitrogen and oxygen atoms in total. The van der Waals surface area contributed by atoms with Gasteiger partial charge >= 0.3 is 0 Å². The summed E-state index contributed by atoms with van der Waals surface area (Å²) in [5.41, 5.74) is 1.87. The minimum atomic E-state index is 0.865. The van der Waals surface area contributed by atoms with Gasteiger partial charge in [0.25, 0.3) is 0 Å². The molecule has 3 rings (SSSR count). The number of nitrogens with one attached hydrogen (secondary N) is 1. The van der Waals surface area contributed by atoms with Crippen LogP contribution in [0.5, 0.6) is 0 Å². The molecule has 0 aliphatic heterocycles. The summed E-state index contributed by atoms with van der Waals surface area (Å²) in [6.45, 7) is 0. The predicted molar refractivity (Wildman–Crippen MR) is 43.7 cm³/mol. The Kier molecular flexibility index (Phi) is 0.889. The SMILES string of the molecule is c1cc2[nH]ncc2c2conc12. The fourth-order valence-electron chi connectivity index (χ4n) is 1.37. The molecule has 58 valence electrons. The fraction of sp³-hybridized carbons (Fsp3) is 0. The predicted octanol–water partition coefficient (Wildman–Crippen LogP) is 1.70. The van der Waals surface area contributed by atoms with E-state index in [1.54, 1.807) is 12.5 Å². The highest BCUT2D eigenvalue weighted by Gasteiger charge is 2.03. The van der Waals surface area contributed by atoms with Crippen molar-refractivity contribution in [1.82, 2.24) is 15.4 Å². The first-order valence-electron chi connectivity index (χ1n) is 3.61. The van der Waals surface area contributed by atoms with Crippen molar-refractivity contribution in [1.29, 1.82) is 0 Å². The molecule has 0 aliphatic rings. The highest BCUT2D eigenvalue weighted by atomic mass is 16.5. The third-order valence-electron chi connectivity index (χ3n) is 1.96. The van der Waals surface area contributed by atoms with E-state index in [9.17, 15) is 0 Å². The third kappa shape index (κ3) is 0.567. The molecule has 0 bridgehead atoms. The Hall–Kier alpha value is -1.84. The number of aromatic nitrogens is 3. The van der Waals surface area contributed by atoms with Gasteiger partial charge in [-0.1, -0.05) is 5.16 Å². The highest BCUT2D eigenvalue weighted by molar-refractivity contribution is 6.03. The lowest BCUT2D eigenvalue weighted by atomic mass is 10.2. The van der Waals surface area contributed by atoms with Crippen molar-refractivity contribution in [3.8, 4) is 0 Å². The zero-order chi connectivity index (χ0) is 7.97. The van der Waals surface area contributed by atoms with Crippen LogP contribution in [0.25, 0.3) is 21.8 Å². The van der Waals surface area contributed by atoms with Crippen molar-refractivity contribution in [2.45, 2.75) is 0 Å². The van der Waals surface area contributed by atoms with Crippen LogP contribution in [0.2, 0.25) is 0 Å². The van der Waals surface area contributed by atoms with Crippen LogP contribution in [0.4, 0.5) is 0 Å². The van der Waals surface area contributed by atoms with Gasteiger partial charge in [0.05, 0.1) is 17.1 Å². The Labute approximate surface area is 67.2 Å². The second-order valence-corrected chi connectivity index (χ2v) is 2.64. The maximum atomic E-state index is 4.85. The number of fused-ring (bicyclic) bond motifs is 3. The van der Waals surface area contributed by atoms with E-state index in [0.717, 1.165) is 21.8 Å². The molecule has 0 saturated carbocycles. The first-order valence-corrected chi connectivity index (χ1v) is 3.61. The molecular weight excluding hydrogens is 154 g/mol. The zero-order valence-corrected chi connectivity index (χ0v) is 6.11. The molecular formula is C8H5N3O. The highest BCUT2D eigenvalue weighted by Crippen LogP contribution is 2.21. The lowest BCUT2D eigenvalue weighted by molar-refractivity contribution is 0.428. The first-order chi connectivity index (χ1) is 5.95. The number of H-pyrrole nitrogens is 1. The van der Waals surface area contributed by atoms with Gasteiger partial charge in [0, 0.05) is 5.39 Å². The Balaban J connectivity index is 2.71. The molecule has 2 aromatic heterocycles. The van der Waals surface area contributed by atoms with Gasteiger partial charge in [-0.2, -0.15) is 5.10 Å². The lowest BCUT2D eigenvalue weighted by Crippen LogP contribution is -1.69. The minimum Gasteiger partial charge on any atom is -0.363 e. The number of hydrogen-bond acceptors (Lipinski definition) is 3.